The van der Waals surface area contributed by atoms with Gasteiger partial charge in [0.25, 0.3) is 0 Å². The largest absolute Gasteiger partial charge is 0.443 e. The molecule has 2 amide bonds. The first kappa shape index (κ1) is 18.7. The molecular weight excluding hydrogens is 258 g/mol. The molecule has 118 valence electrons. The number of ether oxygens (including phenoxy) is 1. The fourth-order valence-corrected chi connectivity index (χ4v) is 1.42. The van der Waals surface area contributed by atoms with E-state index in [1.54, 1.807) is 20.8 Å². The van der Waals surface area contributed by atoms with Crippen LogP contribution in [0.4, 0.5) is 4.79 Å². The Hall–Kier alpha value is -1.30. The van der Waals surface area contributed by atoms with Gasteiger partial charge in [-0.15, -0.1) is 0 Å². The van der Waals surface area contributed by atoms with E-state index in [4.69, 9.17) is 4.74 Å². The summed E-state index contributed by atoms with van der Waals surface area (Å²) < 4.78 is 5.10. The predicted octanol–water partition coefficient (Wildman–Crippen LogP) is 1.95. The molecule has 0 aromatic heterocycles. The van der Waals surface area contributed by atoms with E-state index in [1.807, 2.05) is 34.6 Å². The first-order valence-corrected chi connectivity index (χ1v) is 6.88. The van der Waals surface area contributed by atoms with Crippen LogP contribution in [0.15, 0.2) is 0 Å². The average molecular weight is 287 g/mol. The van der Waals surface area contributed by atoms with Gasteiger partial charge in [0.1, 0.15) is 11.6 Å². The van der Waals surface area contributed by atoms with Gasteiger partial charge in [0.15, 0.2) is 0 Å². The first-order valence-electron chi connectivity index (χ1n) is 6.88. The van der Waals surface area contributed by atoms with Gasteiger partial charge in [-0.3, -0.25) is 10.2 Å². The molecule has 0 saturated carbocycles. The van der Waals surface area contributed by atoms with E-state index in [-0.39, 0.29) is 17.4 Å². The molecule has 6 heteroatoms. The van der Waals surface area contributed by atoms with Crippen LogP contribution in [0.3, 0.4) is 0 Å². The van der Waals surface area contributed by atoms with Gasteiger partial charge in [-0.1, -0.05) is 13.8 Å². The van der Waals surface area contributed by atoms with E-state index < -0.39 is 17.7 Å². The van der Waals surface area contributed by atoms with Crippen molar-refractivity contribution in [3.8, 4) is 0 Å². The van der Waals surface area contributed by atoms with Crippen molar-refractivity contribution < 1.29 is 14.3 Å². The maximum Gasteiger partial charge on any atom is 0.422 e. The van der Waals surface area contributed by atoms with Crippen LogP contribution < -0.4 is 16.2 Å². The fourth-order valence-electron chi connectivity index (χ4n) is 1.42. The highest BCUT2D eigenvalue weighted by atomic mass is 16.6. The second-order valence-corrected chi connectivity index (χ2v) is 7.23. The summed E-state index contributed by atoms with van der Waals surface area (Å²) in [5, 5.41) is 2.88. The second-order valence-electron chi connectivity index (χ2n) is 7.23. The molecule has 0 aromatic rings. The number of carbonyl (C=O) groups is 2. The topological polar surface area (TPSA) is 79.5 Å². The molecule has 0 aliphatic rings. The number of carbonyl (C=O) groups excluding carboxylic acids is 2. The van der Waals surface area contributed by atoms with Gasteiger partial charge >= 0.3 is 6.09 Å². The van der Waals surface area contributed by atoms with E-state index in [2.05, 4.69) is 16.2 Å². The summed E-state index contributed by atoms with van der Waals surface area (Å²) in [6, 6.07) is -0.526. The quantitative estimate of drug-likeness (QED) is 0.691. The molecule has 0 aliphatic heterocycles. The van der Waals surface area contributed by atoms with Crippen molar-refractivity contribution in [2.24, 2.45) is 5.92 Å². The van der Waals surface area contributed by atoms with Gasteiger partial charge in [0, 0.05) is 5.54 Å². The van der Waals surface area contributed by atoms with Gasteiger partial charge in [-0.25, -0.2) is 10.2 Å². The lowest BCUT2D eigenvalue weighted by Crippen LogP contribution is -2.57. The Morgan fingerprint density at radius 2 is 1.50 bits per heavy atom. The maximum atomic E-state index is 12.1. The molecule has 0 bridgehead atoms. The van der Waals surface area contributed by atoms with Crippen LogP contribution in [0.25, 0.3) is 0 Å². The summed E-state index contributed by atoms with van der Waals surface area (Å²) >= 11 is 0. The summed E-state index contributed by atoms with van der Waals surface area (Å²) in [7, 11) is 0. The van der Waals surface area contributed by atoms with E-state index in [9.17, 15) is 9.59 Å². The smallest absolute Gasteiger partial charge is 0.422 e. The summed E-state index contributed by atoms with van der Waals surface area (Å²) in [5.41, 5.74) is 4.24. The summed E-state index contributed by atoms with van der Waals surface area (Å²) in [4.78, 5) is 23.7. The molecule has 0 saturated heterocycles. The summed E-state index contributed by atoms with van der Waals surface area (Å²) in [6.07, 6.45) is -0.605. The molecule has 0 spiro atoms. The Kier molecular flexibility index (Phi) is 6.47. The molecule has 0 radical (unpaired) electrons. The van der Waals surface area contributed by atoms with Crippen molar-refractivity contribution in [1.82, 2.24) is 16.2 Å². The number of nitrogens with one attached hydrogen (secondary N) is 3. The molecule has 0 fully saturated rings. The molecule has 20 heavy (non-hydrogen) atoms. The Morgan fingerprint density at radius 3 is 1.85 bits per heavy atom. The third-order valence-corrected chi connectivity index (χ3v) is 2.18. The molecule has 1 atom stereocenters. The van der Waals surface area contributed by atoms with Crippen LogP contribution in [0.5, 0.6) is 0 Å². The molecular formula is C14H29N3O3. The average Bonchev–Trinajstić information content (AvgIpc) is 2.10. The molecule has 6 nitrogen and oxygen atoms in total. The number of hydrogen-bond acceptors (Lipinski definition) is 4. The Balaban J connectivity index is 4.50. The van der Waals surface area contributed by atoms with Crippen molar-refractivity contribution in [3.05, 3.63) is 0 Å². The van der Waals surface area contributed by atoms with E-state index in [0.29, 0.717) is 0 Å². The van der Waals surface area contributed by atoms with Gasteiger partial charge in [0.05, 0.1) is 0 Å². The number of hydrazine groups is 1. The molecule has 0 heterocycles. The fraction of sp³-hybridized carbons (Fsp3) is 0.857. The first-order chi connectivity index (χ1) is 8.82. The van der Waals surface area contributed by atoms with Gasteiger partial charge < -0.3 is 10.1 Å². The lowest BCUT2D eigenvalue weighted by Gasteiger charge is -2.28. The zero-order valence-corrected chi connectivity index (χ0v) is 13.9. The third kappa shape index (κ3) is 8.74. The SMILES string of the molecule is CC(C)C(NNC(=O)OC(C)(C)C)C(=O)NC(C)(C)C. The predicted molar refractivity (Wildman–Crippen MR) is 79.0 cm³/mol. The maximum absolute atomic E-state index is 12.1. The Morgan fingerprint density at radius 1 is 1.00 bits per heavy atom. The third-order valence-electron chi connectivity index (χ3n) is 2.18. The van der Waals surface area contributed by atoms with Crippen LogP contribution in [0, 0.1) is 5.92 Å². The zero-order chi connectivity index (χ0) is 16.1. The van der Waals surface area contributed by atoms with E-state index in [1.165, 1.54) is 0 Å². The van der Waals surface area contributed by atoms with Crippen molar-refractivity contribution in [1.29, 1.82) is 0 Å². The monoisotopic (exact) mass is 287 g/mol. The number of hydrogen-bond donors (Lipinski definition) is 3. The minimum absolute atomic E-state index is 0.0206. The molecule has 0 aliphatic carbocycles. The standard InChI is InChI=1S/C14H29N3O3/c1-9(2)10(11(18)15-13(3,4)5)16-17-12(19)20-14(6,7)8/h9-10,16H,1-8H3,(H,15,18)(H,17,19). The van der Waals surface area contributed by atoms with Crippen LogP contribution in [0.1, 0.15) is 55.4 Å². The molecule has 3 N–H and O–H groups in total. The zero-order valence-electron chi connectivity index (χ0n) is 13.9. The lowest BCUT2D eigenvalue weighted by atomic mass is 10.0. The van der Waals surface area contributed by atoms with Crippen LogP contribution in [-0.4, -0.2) is 29.2 Å². The molecule has 0 aromatic carbocycles. The minimum Gasteiger partial charge on any atom is -0.443 e. The highest BCUT2D eigenvalue weighted by Crippen LogP contribution is 2.07. The van der Waals surface area contributed by atoms with Crippen molar-refractivity contribution in [2.45, 2.75) is 72.6 Å². The number of rotatable bonds is 4. The molecule has 0 rings (SSSR count). The second kappa shape index (κ2) is 6.92. The van der Waals surface area contributed by atoms with Crippen LogP contribution >= 0.6 is 0 Å². The normalized spacial score (nSPS) is 13.8. The Bertz CT molecular complexity index is 341. The summed E-state index contributed by atoms with van der Waals surface area (Å²) in [5.74, 6) is -0.143. The highest BCUT2D eigenvalue weighted by molar-refractivity contribution is 5.83. The van der Waals surface area contributed by atoms with Crippen molar-refractivity contribution in [3.63, 3.8) is 0 Å². The van der Waals surface area contributed by atoms with E-state index >= 15 is 0 Å². The van der Waals surface area contributed by atoms with Crippen LogP contribution in [-0.2, 0) is 9.53 Å². The summed E-state index contributed by atoms with van der Waals surface area (Å²) in [6.45, 7) is 14.8. The van der Waals surface area contributed by atoms with Gasteiger partial charge in [-0.2, -0.15) is 0 Å². The number of amides is 2. The van der Waals surface area contributed by atoms with Gasteiger partial charge in [-0.05, 0) is 47.5 Å². The minimum atomic E-state index is -0.605. The van der Waals surface area contributed by atoms with Gasteiger partial charge in [0.2, 0.25) is 5.91 Å². The van der Waals surface area contributed by atoms with E-state index in [0.717, 1.165) is 0 Å². The Labute approximate surface area is 122 Å². The highest BCUT2D eigenvalue weighted by Gasteiger charge is 2.26. The molecule has 1 unspecified atom stereocenters. The van der Waals surface area contributed by atoms with Crippen molar-refractivity contribution in [2.75, 3.05) is 0 Å². The van der Waals surface area contributed by atoms with Crippen molar-refractivity contribution >= 4 is 12.0 Å². The lowest BCUT2D eigenvalue weighted by molar-refractivity contribution is -0.125. The van der Waals surface area contributed by atoms with Crippen LogP contribution in [0.2, 0.25) is 0 Å².